The first-order chi connectivity index (χ1) is 6.11. The summed E-state index contributed by atoms with van der Waals surface area (Å²) in [7, 11) is 0. The summed E-state index contributed by atoms with van der Waals surface area (Å²) in [5.74, 6) is -0.462. The van der Waals surface area contributed by atoms with E-state index in [-0.39, 0.29) is 18.8 Å². The molecule has 0 spiro atoms. The van der Waals surface area contributed by atoms with Crippen LogP contribution in [0.1, 0.15) is 26.7 Å². The van der Waals surface area contributed by atoms with Crippen LogP contribution in [0.5, 0.6) is 0 Å². The molecular formula is C10H16O3. The fourth-order valence-electron chi connectivity index (χ4n) is 2.00. The summed E-state index contributed by atoms with van der Waals surface area (Å²) in [4.78, 5) is 0. The van der Waals surface area contributed by atoms with Gasteiger partial charge in [-0.2, -0.15) is 0 Å². The van der Waals surface area contributed by atoms with Crippen molar-refractivity contribution in [3.63, 3.8) is 0 Å². The third-order valence-electron chi connectivity index (χ3n) is 2.57. The number of aliphatic hydroxyl groups is 1. The molecule has 0 aromatic heterocycles. The zero-order chi connectivity index (χ0) is 9.47. The quantitative estimate of drug-likeness (QED) is 0.623. The van der Waals surface area contributed by atoms with E-state index in [1.165, 1.54) is 0 Å². The average molecular weight is 184 g/mol. The summed E-state index contributed by atoms with van der Waals surface area (Å²) < 4.78 is 11.4. The molecule has 1 saturated heterocycles. The molecule has 1 heterocycles. The van der Waals surface area contributed by atoms with Crippen molar-refractivity contribution in [1.82, 2.24) is 0 Å². The molecule has 0 radical (unpaired) electrons. The fourth-order valence-corrected chi connectivity index (χ4v) is 2.00. The smallest absolute Gasteiger partial charge is 0.164 e. The van der Waals surface area contributed by atoms with Crippen LogP contribution >= 0.6 is 0 Å². The van der Waals surface area contributed by atoms with E-state index in [1.54, 1.807) is 0 Å². The van der Waals surface area contributed by atoms with Crippen LogP contribution in [0, 0.1) is 0 Å². The van der Waals surface area contributed by atoms with Crippen LogP contribution in [0.15, 0.2) is 11.6 Å². The van der Waals surface area contributed by atoms with Gasteiger partial charge in [0.2, 0.25) is 0 Å². The molecule has 1 fully saturated rings. The van der Waals surface area contributed by atoms with Crippen LogP contribution in [0.2, 0.25) is 0 Å². The second-order valence-corrected chi connectivity index (χ2v) is 4.16. The van der Waals surface area contributed by atoms with Gasteiger partial charge in [-0.3, -0.25) is 0 Å². The molecule has 3 heteroatoms. The third-order valence-corrected chi connectivity index (χ3v) is 2.57. The van der Waals surface area contributed by atoms with Crippen LogP contribution in [0.25, 0.3) is 0 Å². The number of rotatable bonds is 1. The van der Waals surface area contributed by atoms with Crippen LogP contribution in [0.3, 0.4) is 0 Å². The van der Waals surface area contributed by atoms with Crippen molar-refractivity contribution in [3.8, 4) is 0 Å². The maximum Gasteiger partial charge on any atom is 0.164 e. The molecule has 0 aromatic rings. The summed E-state index contributed by atoms with van der Waals surface area (Å²) in [6, 6.07) is 0. The Kier molecular flexibility index (Phi) is 2.18. The molecule has 2 rings (SSSR count). The number of fused-ring (bicyclic) bond motifs is 1. The Morgan fingerprint density at radius 2 is 2.31 bits per heavy atom. The Morgan fingerprint density at radius 1 is 1.54 bits per heavy atom. The van der Waals surface area contributed by atoms with Gasteiger partial charge in [0.15, 0.2) is 5.79 Å². The van der Waals surface area contributed by atoms with Crippen molar-refractivity contribution in [3.05, 3.63) is 11.6 Å². The lowest BCUT2D eigenvalue weighted by atomic mass is 9.96. The minimum Gasteiger partial charge on any atom is -0.392 e. The molecule has 2 aliphatic rings. The summed E-state index contributed by atoms with van der Waals surface area (Å²) in [6.07, 6.45) is 4.12. The summed E-state index contributed by atoms with van der Waals surface area (Å²) in [5.41, 5.74) is 1.07. The van der Waals surface area contributed by atoms with Gasteiger partial charge in [-0.15, -0.1) is 0 Å². The van der Waals surface area contributed by atoms with Crippen molar-refractivity contribution in [1.29, 1.82) is 0 Å². The van der Waals surface area contributed by atoms with Crippen molar-refractivity contribution >= 4 is 0 Å². The fraction of sp³-hybridized carbons (Fsp3) is 0.800. The van der Waals surface area contributed by atoms with E-state index in [4.69, 9.17) is 14.6 Å². The molecular weight excluding hydrogens is 168 g/mol. The molecule has 13 heavy (non-hydrogen) atoms. The molecule has 3 nitrogen and oxygen atoms in total. The standard InChI is InChI=1S/C10H16O3/c1-10(2)12-8-4-3-7(6-11)5-9(8)13-10/h5,8-9,11H,3-4,6H2,1-2H3/t8-,9+/m1/s1. The summed E-state index contributed by atoms with van der Waals surface area (Å²) in [5, 5.41) is 8.98. The Hall–Kier alpha value is -0.380. The van der Waals surface area contributed by atoms with Crippen molar-refractivity contribution in [2.24, 2.45) is 0 Å². The van der Waals surface area contributed by atoms with Crippen molar-refractivity contribution < 1.29 is 14.6 Å². The highest BCUT2D eigenvalue weighted by Crippen LogP contribution is 2.35. The number of hydrogen-bond acceptors (Lipinski definition) is 3. The van der Waals surface area contributed by atoms with Crippen molar-refractivity contribution in [2.75, 3.05) is 6.61 Å². The van der Waals surface area contributed by atoms with Crippen LogP contribution < -0.4 is 0 Å². The van der Waals surface area contributed by atoms with Gasteiger partial charge in [0.1, 0.15) is 6.10 Å². The highest BCUT2D eigenvalue weighted by molar-refractivity contribution is 5.13. The predicted molar refractivity (Wildman–Crippen MR) is 48.2 cm³/mol. The monoisotopic (exact) mass is 184 g/mol. The van der Waals surface area contributed by atoms with Gasteiger partial charge in [-0.25, -0.2) is 0 Å². The number of ether oxygens (including phenoxy) is 2. The second kappa shape index (κ2) is 3.08. The maximum atomic E-state index is 8.98. The molecule has 0 unspecified atom stereocenters. The average Bonchev–Trinajstić information content (AvgIpc) is 2.36. The summed E-state index contributed by atoms with van der Waals surface area (Å²) >= 11 is 0. The van der Waals surface area contributed by atoms with E-state index in [0.29, 0.717) is 0 Å². The highest BCUT2D eigenvalue weighted by Gasteiger charge is 2.41. The summed E-state index contributed by atoms with van der Waals surface area (Å²) in [6.45, 7) is 4.00. The first kappa shape index (κ1) is 9.19. The molecule has 1 N–H and O–H groups in total. The topological polar surface area (TPSA) is 38.7 Å². The minimum atomic E-state index is -0.462. The van der Waals surface area contributed by atoms with Gasteiger partial charge < -0.3 is 14.6 Å². The molecule has 0 aromatic carbocycles. The molecule has 0 bridgehead atoms. The lowest BCUT2D eigenvalue weighted by molar-refractivity contribution is -0.142. The predicted octanol–water partition coefficient (Wildman–Crippen LogP) is 1.22. The van der Waals surface area contributed by atoms with Crippen LogP contribution in [-0.2, 0) is 9.47 Å². The maximum absolute atomic E-state index is 8.98. The van der Waals surface area contributed by atoms with Gasteiger partial charge >= 0.3 is 0 Å². The zero-order valence-electron chi connectivity index (χ0n) is 8.12. The Bertz CT molecular complexity index is 232. The Labute approximate surface area is 78.3 Å². The molecule has 74 valence electrons. The van der Waals surface area contributed by atoms with Gasteiger partial charge in [0, 0.05) is 0 Å². The Balaban J connectivity index is 2.11. The van der Waals surface area contributed by atoms with E-state index < -0.39 is 5.79 Å². The van der Waals surface area contributed by atoms with E-state index in [9.17, 15) is 0 Å². The van der Waals surface area contributed by atoms with Crippen LogP contribution in [-0.4, -0.2) is 29.7 Å². The van der Waals surface area contributed by atoms with E-state index in [2.05, 4.69) is 0 Å². The molecule has 2 atom stereocenters. The van der Waals surface area contributed by atoms with E-state index >= 15 is 0 Å². The highest BCUT2D eigenvalue weighted by atomic mass is 16.7. The minimum absolute atomic E-state index is 0.0471. The number of hydrogen-bond donors (Lipinski definition) is 1. The van der Waals surface area contributed by atoms with E-state index in [1.807, 2.05) is 19.9 Å². The number of aliphatic hydroxyl groups excluding tert-OH is 1. The lowest BCUT2D eigenvalue weighted by Crippen LogP contribution is -2.25. The first-order valence-corrected chi connectivity index (χ1v) is 4.77. The lowest BCUT2D eigenvalue weighted by Gasteiger charge is -2.20. The molecule has 0 saturated carbocycles. The normalized spacial score (nSPS) is 37.0. The third kappa shape index (κ3) is 1.77. The SMILES string of the molecule is CC1(C)O[C@H]2C=C(CO)CC[C@H]2O1. The van der Waals surface area contributed by atoms with Gasteiger partial charge in [-0.05, 0) is 32.3 Å². The van der Waals surface area contributed by atoms with Gasteiger partial charge in [0.25, 0.3) is 0 Å². The molecule has 1 aliphatic heterocycles. The second-order valence-electron chi connectivity index (χ2n) is 4.16. The van der Waals surface area contributed by atoms with Gasteiger partial charge in [-0.1, -0.05) is 6.08 Å². The van der Waals surface area contributed by atoms with E-state index in [0.717, 1.165) is 18.4 Å². The largest absolute Gasteiger partial charge is 0.392 e. The van der Waals surface area contributed by atoms with Gasteiger partial charge in [0.05, 0.1) is 12.7 Å². The van der Waals surface area contributed by atoms with Crippen LogP contribution in [0.4, 0.5) is 0 Å². The molecule has 1 aliphatic carbocycles. The zero-order valence-corrected chi connectivity index (χ0v) is 8.12. The molecule has 0 amide bonds. The van der Waals surface area contributed by atoms with Crippen molar-refractivity contribution in [2.45, 2.75) is 44.7 Å². The Morgan fingerprint density at radius 3 is 3.00 bits per heavy atom. The first-order valence-electron chi connectivity index (χ1n) is 4.77.